The zero-order chi connectivity index (χ0) is 22.9. The van der Waals surface area contributed by atoms with Crippen LogP contribution in [0.4, 0.5) is 15.8 Å². The summed E-state index contributed by atoms with van der Waals surface area (Å²) in [6.45, 7) is 2.10. The summed E-state index contributed by atoms with van der Waals surface area (Å²) in [6, 6.07) is 20.3. The maximum atomic E-state index is 14.0. The summed E-state index contributed by atoms with van der Waals surface area (Å²) in [5.74, 6) is -0.0588. The largest absolute Gasteiger partial charge is 0.482 e. The predicted molar refractivity (Wildman–Crippen MR) is 129 cm³/mol. The highest BCUT2D eigenvalue weighted by molar-refractivity contribution is 7.07. The highest BCUT2D eigenvalue weighted by atomic mass is 35.5. The van der Waals surface area contributed by atoms with Crippen molar-refractivity contribution >= 4 is 40.2 Å². The number of nitrogens with zero attached hydrogens (tertiary/aromatic N) is 2. The quantitative estimate of drug-likeness (QED) is 0.380. The number of thiazole rings is 1. The summed E-state index contributed by atoms with van der Waals surface area (Å²) in [5.41, 5.74) is 4.04. The van der Waals surface area contributed by atoms with Crippen molar-refractivity contribution in [3.8, 4) is 17.0 Å². The number of anilines is 1. The smallest absolute Gasteiger partial charge is 0.262 e. The normalized spacial score (nSPS) is 14.4. The highest BCUT2D eigenvalue weighted by Gasteiger charge is 2.20. The molecule has 4 aromatic rings. The number of benzene rings is 3. The molecule has 1 aromatic heterocycles. The van der Waals surface area contributed by atoms with Gasteiger partial charge in [0.15, 0.2) is 11.4 Å². The molecule has 2 heterocycles. The zero-order valence-corrected chi connectivity index (χ0v) is 19.2. The lowest BCUT2D eigenvalue weighted by Gasteiger charge is -2.21. The third-order valence-electron chi connectivity index (χ3n) is 5.45. The Morgan fingerprint density at radius 1 is 1.15 bits per heavy atom. The van der Waals surface area contributed by atoms with E-state index in [1.807, 2.05) is 41.8 Å². The Balaban J connectivity index is 1.67. The van der Waals surface area contributed by atoms with E-state index in [2.05, 4.69) is 28.9 Å². The van der Waals surface area contributed by atoms with Crippen LogP contribution in [-0.2, 0) is 4.79 Å². The van der Waals surface area contributed by atoms with E-state index < -0.39 is 5.82 Å². The SMILES string of the molecule is CC(c1ccccc1)n1c(-c2ccc3c(c2)NC(=O)CO3)csc1=Nc1ccc(Cl)c(F)c1. The van der Waals surface area contributed by atoms with Gasteiger partial charge in [0, 0.05) is 17.0 Å². The summed E-state index contributed by atoms with van der Waals surface area (Å²) in [5, 5.41) is 4.93. The third kappa shape index (κ3) is 4.29. The van der Waals surface area contributed by atoms with Crippen LogP contribution in [0.5, 0.6) is 5.75 Å². The first-order valence-corrected chi connectivity index (χ1v) is 11.6. The second-order valence-corrected chi connectivity index (χ2v) is 8.86. The molecule has 0 saturated carbocycles. The van der Waals surface area contributed by atoms with Crippen molar-refractivity contribution in [1.82, 2.24) is 4.57 Å². The first-order chi connectivity index (χ1) is 16.0. The van der Waals surface area contributed by atoms with Gasteiger partial charge in [-0.2, -0.15) is 0 Å². The van der Waals surface area contributed by atoms with Crippen molar-refractivity contribution in [2.45, 2.75) is 13.0 Å². The minimum Gasteiger partial charge on any atom is -0.482 e. The van der Waals surface area contributed by atoms with Crippen molar-refractivity contribution in [3.63, 3.8) is 0 Å². The first-order valence-electron chi connectivity index (χ1n) is 10.3. The van der Waals surface area contributed by atoms with Crippen LogP contribution in [0.25, 0.3) is 11.3 Å². The van der Waals surface area contributed by atoms with Crippen molar-refractivity contribution < 1.29 is 13.9 Å². The molecule has 5 nitrogen and oxygen atoms in total. The number of rotatable bonds is 4. The van der Waals surface area contributed by atoms with E-state index in [-0.39, 0.29) is 23.6 Å². The number of carbonyl (C=O) groups excluding carboxylic acids is 1. The molecule has 0 aliphatic carbocycles. The maximum Gasteiger partial charge on any atom is 0.262 e. The minimum atomic E-state index is -0.511. The fourth-order valence-electron chi connectivity index (χ4n) is 3.77. The van der Waals surface area contributed by atoms with E-state index in [4.69, 9.17) is 21.3 Å². The summed E-state index contributed by atoms with van der Waals surface area (Å²) < 4.78 is 21.6. The van der Waals surface area contributed by atoms with Crippen LogP contribution < -0.4 is 14.9 Å². The molecule has 1 unspecified atom stereocenters. The first kappa shape index (κ1) is 21.4. The molecule has 0 fully saturated rings. The molecule has 1 atom stereocenters. The second-order valence-electron chi connectivity index (χ2n) is 7.62. The predicted octanol–water partition coefficient (Wildman–Crippen LogP) is 6.18. The van der Waals surface area contributed by atoms with Crippen LogP contribution in [0.15, 0.2) is 77.1 Å². The van der Waals surface area contributed by atoms with E-state index in [1.54, 1.807) is 6.07 Å². The molecule has 0 spiro atoms. The molecule has 8 heteroatoms. The van der Waals surface area contributed by atoms with Crippen molar-refractivity contribution in [1.29, 1.82) is 0 Å². The number of halogens is 2. The van der Waals surface area contributed by atoms with E-state index in [0.717, 1.165) is 16.8 Å². The monoisotopic (exact) mass is 479 g/mol. The lowest BCUT2D eigenvalue weighted by molar-refractivity contribution is -0.118. The van der Waals surface area contributed by atoms with Gasteiger partial charge in [0.1, 0.15) is 11.6 Å². The molecule has 0 radical (unpaired) electrons. The Labute approximate surface area is 198 Å². The summed E-state index contributed by atoms with van der Waals surface area (Å²) in [6.07, 6.45) is 0. The number of nitrogens with one attached hydrogen (secondary N) is 1. The van der Waals surface area contributed by atoms with Crippen LogP contribution in [0, 0.1) is 5.82 Å². The molecule has 1 aliphatic rings. The molecule has 1 aliphatic heterocycles. The van der Waals surface area contributed by atoms with Gasteiger partial charge in [0.25, 0.3) is 5.91 Å². The fourth-order valence-corrected chi connectivity index (χ4v) is 4.89. The van der Waals surface area contributed by atoms with Gasteiger partial charge in [-0.25, -0.2) is 9.38 Å². The van der Waals surface area contributed by atoms with Crippen LogP contribution in [0.2, 0.25) is 5.02 Å². The van der Waals surface area contributed by atoms with E-state index >= 15 is 0 Å². The van der Waals surface area contributed by atoms with Crippen LogP contribution in [0.1, 0.15) is 18.5 Å². The highest BCUT2D eigenvalue weighted by Crippen LogP contribution is 2.34. The number of amides is 1. The number of ether oxygens (including phenoxy) is 1. The summed E-state index contributed by atoms with van der Waals surface area (Å²) >= 11 is 7.30. The Hall–Kier alpha value is -3.42. The molecule has 5 rings (SSSR count). The van der Waals surface area contributed by atoms with Crippen molar-refractivity contribution in [2.75, 3.05) is 11.9 Å². The number of hydrogen-bond donors (Lipinski definition) is 1. The Bertz CT molecular complexity index is 1410. The molecule has 3 aromatic carbocycles. The van der Waals surface area contributed by atoms with Gasteiger partial charge in [0.05, 0.1) is 28.1 Å². The maximum absolute atomic E-state index is 14.0. The van der Waals surface area contributed by atoms with Gasteiger partial charge in [-0.3, -0.25) is 4.79 Å². The standard InChI is InChI=1S/C25H19ClFN3O2S/c1-15(16-5-3-2-4-6-16)30-22(17-7-10-23-21(11-17)29-24(31)13-32-23)14-33-25(30)28-18-8-9-19(26)20(27)12-18/h2-12,14-15H,13H2,1H3,(H,29,31). The van der Waals surface area contributed by atoms with E-state index in [9.17, 15) is 9.18 Å². The van der Waals surface area contributed by atoms with Gasteiger partial charge in [-0.1, -0.05) is 41.9 Å². The lowest BCUT2D eigenvalue weighted by Crippen LogP contribution is -2.25. The number of hydrogen-bond acceptors (Lipinski definition) is 4. The van der Waals surface area contributed by atoms with Crippen molar-refractivity contribution in [2.24, 2.45) is 4.99 Å². The number of carbonyl (C=O) groups is 1. The molecule has 33 heavy (non-hydrogen) atoms. The molecule has 1 amide bonds. The van der Waals surface area contributed by atoms with Crippen LogP contribution in [0.3, 0.4) is 0 Å². The molecule has 0 saturated heterocycles. The topological polar surface area (TPSA) is 55.6 Å². The number of fused-ring (bicyclic) bond motifs is 1. The van der Waals surface area contributed by atoms with E-state index in [0.29, 0.717) is 21.9 Å². The second kappa shape index (κ2) is 8.84. The van der Waals surface area contributed by atoms with Gasteiger partial charge in [-0.05, 0) is 42.8 Å². The van der Waals surface area contributed by atoms with Crippen LogP contribution in [-0.4, -0.2) is 17.1 Å². The fraction of sp³-hybridized carbons (Fsp3) is 0.120. The Morgan fingerprint density at radius 2 is 1.97 bits per heavy atom. The zero-order valence-electron chi connectivity index (χ0n) is 17.6. The van der Waals surface area contributed by atoms with Gasteiger partial charge >= 0.3 is 0 Å². The Kier molecular flexibility index (Phi) is 5.74. The number of aromatic nitrogens is 1. The molecule has 0 bridgehead atoms. The lowest BCUT2D eigenvalue weighted by atomic mass is 10.1. The molecule has 166 valence electrons. The average Bonchev–Trinajstić information content (AvgIpc) is 3.24. The van der Waals surface area contributed by atoms with E-state index in [1.165, 1.54) is 23.5 Å². The molecule has 1 N–H and O–H groups in total. The summed E-state index contributed by atoms with van der Waals surface area (Å²) in [7, 11) is 0. The summed E-state index contributed by atoms with van der Waals surface area (Å²) in [4.78, 5) is 17.2. The minimum absolute atomic E-state index is 0.0104. The average molecular weight is 480 g/mol. The third-order valence-corrected chi connectivity index (χ3v) is 6.59. The Morgan fingerprint density at radius 3 is 2.76 bits per heavy atom. The van der Waals surface area contributed by atoms with Gasteiger partial charge < -0.3 is 14.6 Å². The van der Waals surface area contributed by atoms with Gasteiger partial charge in [0.2, 0.25) is 0 Å². The van der Waals surface area contributed by atoms with Crippen LogP contribution >= 0.6 is 22.9 Å². The van der Waals surface area contributed by atoms with Crippen molar-refractivity contribution in [3.05, 3.63) is 93.3 Å². The molecular formula is C25H19ClFN3O2S. The molecular weight excluding hydrogens is 461 g/mol. The van der Waals surface area contributed by atoms with Gasteiger partial charge in [-0.15, -0.1) is 11.3 Å².